The van der Waals surface area contributed by atoms with Gasteiger partial charge in [0.2, 0.25) is 0 Å². The molecule has 0 saturated heterocycles. The zero-order valence-electron chi connectivity index (χ0n) is 18.5. The lowest BCUT2D eigenvalue weighted by Gasteiger charge is -2.14. The minimum Gasteiger partial charge on any atom is -0.322 e. The summed E-state index contributed by atoms with van der Waals surface area (Å²) in [5.74, 6) is 5.73. The molecule has 0 spiro atoms. The monoisotopic (exact) mass is 495 g/mol. The standard InChI is InChI=1S/C25H17ClF3N5O/c1-15-13-34(14-32-15)22-9-20(25(27,28)29)8-21(10-22)33-24(35)19-5-6-23(26)18(7-19)4-3-17-11-30-16(2)31-12-17/h5-14H,1-2H3,(H,33,35). The van der Waals surface area contributed by atoms with E-state index in [1.54, 1.807) is 32.4 Å². The molecule has 0 aliphatic heterocycles. The highest BCUT2D eigenvalue weighted by molar-refractivity contribution is 6.32. The number of amides is 1. The van der Waals surface area contributed by atoms with Crippen molar-refractivity contribution in [1.82, 2.24) is 19.5 Å². The summed E-state index contributed by atoms with van der Waals surface area (Å²) in [6.07, 6.45) is 1.51. The van der Waals surface area contributed by atoms with Crippen LogP contribution in [0.2, 0.25) is 5.02 Å². The molecule has 6 nitrogen and oxygen atoms in total. The van der Waals surface area contributed by atoms with E-state index in [2.05, 4.69) is 32.1 Å². The van der Waals surface area contributed by atoms with Gasteiger partial charge in [-0.15, -0.1) is 0 Å². The second-order valence-electron chi connectivity index (χ2n) is 7.61. The number of nitrogens with one attached hydrogen (secondary N) is 1. The lowest BCUT2D eigenvalue weighted by atomic mass is 10.1. The third-order valence-electron chi connectivity index (χ3n) is 4.86. The number of imidazole rings is 1. The number of aryl methyl sites for hydroxylation is 2. The fourth-order valence-corrected chi connectivity index (χ4v) is 3.29. The average Bonchev–Trinajstić information content (AvgIpc) is 3.25. The first kappa shape index (κ1) is 24.0. The number of anilines is 1. The lowest BCUT2D eigenvalue weighted by molar-refractivity contribution is -0.137. The van der Waals surface area contributed by atoms with Crippen LogP contribution in [0.15, 0.2) is 61.3 Å². The first-order chi connectivity index (χ1) is 16.6. The zero-order valence-corrected chi connectivity index (χ0v) is 19.2. The molecule has 1 amide bonds. The molecule has 0 aliphatic rings. The Morgan fingerprint density at radius 2 is 1.77 bits per heavy atom. The van der Waals surface area contributed by atoms with E-state index in [4.69, 9.17) is 11.6 Å². The van der Waals surface area contributed by atoms with Gasteiger partial charge in [-0.3, -0.25) is 4.79 Å². The molecule has 10 heteroatoms. The van der Waals surface area contributed by atoms with Gasteiger partial charge in [0.1, 0.15) is 5.82 Å². The minimum absolute atomic E-state index is 0.0226. The van der Waals surface area contributed by atoms with Crippen molar-refractivity contribution in [3.8, 4) is 17.5 Å². The van der Waals surface area contributed by atoms with Gasteiger partial charge in [-0.25, -0.2) is 15.0 Å². The van der Waals surface area contributed by atoms with Crippen LogP contribution < -0.4 is 5.32 Å². The van der Waals surface area contributed by atoms with Crippen molar-refractivity contribution in [1.29, 1.82) is 0 Å². The number of hydrogen-bond acceptors (Lipinski definition) is 4. The van der Waals surface area contributed by atoms with Crippen molar-refractivity contribution in [3.05, 3.63) is 100 Å². The molecule has 2 aromatic carbocycles. The number of aromatic nitrogens is 4. The highest BCUT2D eigenvalue weighted by Gasteiger charge is 2.31. The maximum atomic E-state index is 13.5. The van der Waals surface area contributed by atoms with Gasteiger partial charge in [-0.05, 0) is 50.2 Å². The van der Waals surface area contributed by atoms with Crippen LogP contribution in [0, 0.1) is 25.7 Å². The van der Waals surface area contributed by atoms with Crippen LogP contribution in [0.1, 0.15) is 38.6 Å². The average molecular weight is 496 g/mol. The van der Waals surface area contributed by atoms with E-state index < -0.39 is 17.6 Å². The Kier molecular flexibility index (Phi) is 6.58. The van der Waals surface area contributed by atoms with Gasteiger partial charge in [0.25, 0.3) is 5.91 Å². The molecule has 2 aromatic heterocycles. The largest absolute Gasteiger partial charge is 0.416 e. The van der Waals surface area contributed by atoms with Crippen LogP contribution in [0.3, 0.4) is 0 Å². The molecule has 0 aliphatic carbocycles. The molecular weight excluding hydrogens is 479 g/mol. The van der Waals surface area contributed by atoms with E-state index in [1.807, 2.05) is 0 Å². The summed E-state index contributed by atoms with van der Waals surface area (Å²) in [5.41, 5.74) is 1.03. The Morgan fingerprint density at radius 3 is 2.43 bits per heavy atom. The van der Waals surface area contributed by atoms with Gasteiger partial charge < -0.3 is 9.88 Å². The van der Waals surface area contributed by atoms with E-state index in [9.17, 15) is 18.0 Å². The number of carbonyl (C=O) groups excluding carboxylic acids is 1. The Hall–Kier alpha value is -4.16. The number of halogens is 4. The number of carbonyl (C=O) groups is 1. The lowest BCUT2D eigenvalue weighted by Crippen LogP contribution is -2.14. The minimum atomic E-state index is -4.60. The molecule has 0 unspecified atom stereocenters. The third-order valence-corrected chi connectivity index (χ3v) is 5.19. The van der Waals surface area contributed by atoms with E-state index in [1.165, 1.54) is 35.2 Å². The van der Waals surface area contributed by atoms with Gasteiger partial charge in [-0.2, -0.15) is 13.2 Å². The fraction of sp³-hybridized carbons (Fsp3) is 0.120. The molecular formula is C25H17ClF3N5O. The summed E-state index contributed by atoms with van der Waals surface area (Å²) in [6.45, 7) is 3.47. The van der Waals surface area contributed by atoms with Gasteiger partial charge in [-0.1, -0.05) is 23.4 Å². The normalized spacial score (nSPS) is 11.0. The molecule has 1 N–H and O–H groups in total. The summed E-state index contributed by atoms with van der Waals surface area (Å²) in [7, 11) is 0. The van der Waals surface area contributed by atoms with Crippen molar-refractivity contribution in [2.75, 3.05) is 5.32 Å². The summed E-state index contributed by atoms with van der Waals surface area (Å²) >= 11 is 6.21. The van der Waals surface area contributed by atoms with Crippen LogP contribution in [0.4, 0.5) is 18.9 Å². The van der Waals surface area contributed by atoms with Crippen molar-refractivity contribution < 1.29 is 18.0 Å². The Labute approximate surface area is 203 Å². The maximum Gasteiger partial charge on any atom is 0.416 e. The van der Waals surface area contributed by atoms with Gasteiger partial charge in [0.15, 0.2) is 0 Å². The van der Waals surface area contributed by atoms with Gasteiger partial charge in [0.05, 0.1) is 28.2 Å². The van der Waals surface area contributed by atoms with Crippen molar-refractivity contribution in [2.24, 2.45) is 0 Å². The molecule has 0 saturated carbocycles. The first-order valence-corrected chi connectivity index (χ1v) is 10.6. The summed E-state index contributed by atoms with van der Waals surface area (Å²) in [5, 5.41) is 2.85. The highest BCUT2D eigenvalue weighted by Crippen LogP contribution is 2.33. The van der Waals surface area contributed by atoms with Gasteiger partial charge in [0, 0.05) is 41.1 Å². The van der Waals surface area contributed by atoms with E-state index >= 15 is 0 Å². The second kappa shape index (κ2) is 9.60. The highest BCUT2D eigenvalue weighted by atomic mass is 35.5. The van der Waals surface area contributed by atoms with Crippen LogP contribution in [0.25, 0.3) is 5.69 Å². The molecule has 0 bridgehead atoms. The molecule has 0 atom stereocenters. The smallest absolute Gasteiger partial charge is 0.322 e. The number of rotatable bonds is 3. The Morgan fingerprint density at radius 1 is 1.03 bits per heavy atom. The predicted molar refractivity (Wildman–Crippen MR) is 125 cm³/mol. The maximum absolute atomic E-state index is 13.5. The molecule has 35 heavy (non-hydrogen) atoms. The van der Waals surface area contributed by atoms with Gasteiger partial charge >= 0.3 is 6.18 Å². The fourth-order valence-electron chi connectivity index (χ4n) is 3.12. The summed E-state index contributed by atoms with van der Waals surface area (Å²) < 4.78 is 41.9. The third kappa shape index (κ3) is 5.86. The molecule has 176 valence electrons. The van der Waals surface area contributed by atoms with E-state index in [0.717, 1.165) is 12.1 Å². The summed E-state index contributed by atoms with van der Waals surface area (Å²) in [4.78, 5) is 25.1. The molecule has 4 aromatic rings. The molecule has 0 fully saturated rings. The molecule has 2 heterocycles. The van der Waals surface area contributed by atoms with Crippen LogP contribution >= 0.6 is 11.6 Å². The Bertz CT molecular complexity index is 1470. The number of benzene rings is 2. The van der Waals surface area contributed by atoms with E-state index in [0.29, 0.717) is 27.7 Å². The zero-order chi connectivity index (χ0) is 25.2. The number of nitrogens with zero attached hydrogens (tertiary/aromatic N) is 4. The first-order valence-electron chi connectivity index (χ1n) is 10.2. The second-order valence-corrected chi connectivity index (χ2v) is 8.01. The van der Waals surface area contributed by atoms with Crippen molar-refractivity contribution >= 4 is 23.2 Å². The van der Waals surface area contributed by atoms with Crippen LogP contribution in [-0.4, -0.2) is 25.4 Å². The molecule has 0 radical (unpaired) electrons. The topological polar surface area (TPSA) is 72.7 Å². The predicted octanol–water partition coefficient (Wildman–Crippen LogP) is 5.60. The number of alkyl halides is 3. The van der Waals surface area contributed by atoms with Crippen LogP contribution in [-0.2, 0) is 6.18 Å². The summed E-state index contributed by atoms with van der Waals surface area (Å²) in [6, 6.07) is 7.72. The SMILES string of the molecule is Cc1cn(-c2cc(NC(=O)c3ccc(Cl)c(C#Cc4cnc(C)nc4)c3)cc(C(F)(F)F)c2)cn1. The Balaban J connectivity index is 1.63. The number of hydrogen-bond donors (Lipinski definition) is 1. The van der Waals surface area contributed by atoms with Crippen molar-refractivity contribution in [2.45, 2.75) is 20.0 Å². The molecule has 4 rings (SSSR count). The van der Waals surface area contributed by atoms with E-state index in [-0.39, 0.29) is 16.9 Å². The van der Waals surface area contributed by atoms with Crippen LogP contribution in [0.5, 0.6) is 0 Å². The quantitative estimate of drug-likeness (QED) is 0.375. The van der Waals surface area contributed by atoms with Crippen molar-refractivity contribution in [3.63, 3.8) is 0 Å².